The van der Waals surface area contributed by atoms with Crippen LogP contribution in [0.4, 0.5) is 5.69 Å². The van der Waals surface area contributed by atoms with Crippen LogP contribution in [0.2, 0.25) is 0 Å². The van der Waals surface area contributed by atoms with Gasteiger partial charge in [-0.25, -0.2) is 4.79 Å². The molecule has 0 saturated carbocycles. The molecule has 1 atom stereocenters. The number of carbonyl (C=O) groups is 2. The number of methoxy groups -OCH3 is 1. The minimum atomic E-state index is -0.724. The van der Waals surface area contributed by atoms with Crippen LogP contribution < -0.4 is 14.8 Å². The number of nitrogens with one attached hydrogen (secondary N) is 1. The Kier molecular flexibility index (Phi) is 8.73. The van der Waals surface area contributed by atoms with Crippen LogP contribution in [-0.4, -0.2) is 36.8 Å². The lowest BCUT2D eigenvalue weighted by atomic mass is 10.1. The number of anilines is 1. The summed E-state index contributed by atoms with van der Waals surface area (Å²) in [5, 5.41) is 12.9. The van der Waals surface area contributed by atoms with Crippen molar-refractivity contribution >= 4 is 17.6 Å². The topological polar surface area (TPSA) is 94.1 Å². The zero-order valence-electron chi connectivity index (χ0n) is 18.8. The molecule has 2 aromatic carbocycles. The molecule has 0 radical (unpaired) electrons. The van der Waals surface area contributed by atoms with Crippen molar-refractivity contribution in [1.82, 2.24) is 0 Å². The molecule has 0 bridgehead atoms. The molecule has 0 aliphatic heterocycles. The van der Waals surface area contributed by atoms with E-state index in [0.29, 0.717) is 17.7 Å². The van der Waals surface area contributed by atoms with Crippen molar-refractivity contribution < 1.29 is 28.9 Å². The van der Waals surface area contributed by atoms with Crippen LogP contribution in [0.5, 0.6) is 17.2 Å². The van der Waals surface area contributed by atoms with Crippen molar-refractivity contribution in [2.45, 2.75) is 53.1 Å². The van der Waals surface area contributed by atoms with E-state index >= 15 is 0 Å². The standard InChI is InChI=1S/C24H31NO6/c1-6-7-8-21(31-20-10-9-15(2)11-17(20)4)24(28)25-18-13-19(26)16(3)12-22(18)30-14-23(27)29-5/h9-13,21,26H,6-8,14H2,1-5H3,(H,25,28). The number of aryl methyl sites for hydroxylation is 3. The Balaban J connectivity index is 2.25. The third-order valence-electron chi connectivity index (χ3n) is 4.84. The summed E-state index contributed by atoms with van der Waals surface area (Å²) >= 11 is 0. The molecule has 0 aliphatic carbocycles. The molecular weight excluding hydrogens is 398 g/mol. The van der Waals surface area contributed by atoms with Gasteiger partial charge < -0.3 is 24.6 Å². The molecule has 0 heterocycles. The number of ether oxygens (including phenoxy) is 3. The maximum absolute atomic E-state index is 13.1. The van der Waals surface area contributed by atoms with Gasteiger partial charge in [0.2, 0.25) is 0 Å². The van der Waals surface area contributed by atoms with E-state index in [1.54, 1.807) is 13.0 Å². The maximum Gasteiger partial charge on any atom is 0.343 e. The smallest absolute Gasteiger partial charge is 0.343 e. The SMILES string of the molecule is CCCCC(Oc1ccc(C)cc1C)C(=O)Nc1cc(O)c(C)cc1OCC(=O)OC. The lowest BCUT2D eigenvalue weighted by Gasteiger charge is -2.21. The van der Waals surface area contributed by atoms with Crippen LogP contribution in [0.15, 0.2) is 30.3 Å². The van der Waals surface area contributed by atoms with E-state index < -0.39 is 12.1 Å². The van der Waals surface area contributed by atoms with E-state index in [1.165, 1.54) is 13.2 Å². The first-order valence-corrected chi connectivity index (χ1v) is 10.3. The molecule has 2 rings (SSSR count). The van der Waals surface area contributed by atoms with E-state index in [2.05, 4.69) is 10.1 Å². The fraction of sp³-hybridized carbons (Fsp3) is 0.417. The van der Waals surface area contributed by atoms with E-state index in [1.807, 2.05) is 39.0 Å². The highest BCUT2D eigenvalue weighted by Crippen LogP contribution is 2.32. The number of amides is 1. The first-order valence-electron chi connectivity index (χ1n) is 10.3. The monoisotopic (exact) mass is 429 g/mol. The Morgan fingerprint density at radius 2 is 1.81 bits per heavy atom. The number of unbranched alkanes of at least 4 members (excludes halogenated alkanes) is 1. The number of phenols is 1. The average Bonchev–Trinajstić information content (AvgIpc) is 2.73. The normalized spacial score (nSPS) is 11.5. The summed E-state index contributed by atoms with van der Waals surface area (Å²) in [6, 6.07) is 8.75. The first kappa shape index (κ1) is 24.1. The third kappa shape index (κ3) is 6.91. The maximum atomic E-state index is 13.1. The first-order chi connectivity index (χ1) is 14.7. The second kappa shape index (κ2) is 11.2. The molecule has 2 N–H and O–H groups in total. The van der Waals surface area contributed by atoms with E-state index in [0.717, 1.165) is 24.0 Å². The minimum Gasteiger partial charge on any atom is -0.508 e. The summed E-state index contributed by atoms with van der Waals surface area (Å²) < 4.78 is 16.1. The summed E-state index contributed by atoms with van der Waals surface area (Å²) in [6.45, 7) is 7.36. The summed E-state index contributed by atoms with van der Waals surface area (Å²) in [5.41, 5.74) is 2.86. The van der Waals surface area contributed by atoms with Crippen molar-refractivity contribution in [1.29, 1.82) is 0 Å². The zero-order valence-corrected chi connectivity index (χ0v) is 18.8. The number of benzene rings is 2. The van der Waals surface area contributed by atoms with Gasteiger partial charge in [-0.05, 0) is 56.9 Å². The summed E-state index contributed by atoms with van der Waals surface area (Å²) in [6.07, 6.45) is 1.54. The van der Waals surface area contributed by atoms with Crippen LogP contribution >= 0.6 is 0 Å². The van der Waals surface area contributed by atoms with Crippen LogP contribution in [0, 0.1) is 20.8 Å². The van der Waals surface area contributed by atoms with Crippen LogP contribution in [0.3, 0.4) is 0 Å². The summed E-state index contributed by atoms with van der Waals surface area (Å²) in [7, 11) is 1.26. The molecule has 31 heavy (non-hydrogen) atoms. The second-order valence-corrected chi connectivity index (χ2v) is 7.51. The Hall–Kier alpha value is -3.22. The number of aromatic hydroxyl groups is 1. The van der Waals surface area contributed by atoms with Gasteiger partial charge in [0.15, 0.2) is 12.7 Å². The van der Waals surface area contributed by atoms with Gasteiger partial charge in [-0.3, -0.25) is 4.79 Å². The third-order valence-corrected chi connectivity index (χ3v) is 4.84. The zero-order chi connectivity index (χ0) is 23.0. The quantitative estimate of drug-likeness (QED) is 0.542. The molecule has 7 nitrogen and oxygen atoms in total. The highest BCUT2D eigenvalue weighted by atomic mass is 16.6. The number of phenolic OH excluding ortho intramolecular Hbond substituents is 1. The Labute approximate surface area is 183 Å². The highest BCUT2D eigenvalue weighted by Gasteiger charge is 2.23. The molecule has 2 aromatic rings. The Morgan fingerprint density at radius 3 is 2.45 bits per heavy atom. The van der Waals surface area contributed by atoms with Gasteiger partial charge in [0, 0.05) is 6.07 Å². The molecule has 168 valence electrons. The summed E-state index contributed by atoms with van der Waals surface area (Å²) in [4.78, 5) is 24.5. The van der Waals surface area contributed by atoms with Crippen molar-refractivity contribution in [3.8, 4) is 17.2 Å². The van der Waals surface area contributed by atoms with Crippen molar-refractivity contribution in [2.75, 3.05) is 19.0 Å². The molecule has 0 spiro atoms. The van der Waals surface area contributed by atoms with Crippen molar-refractivity contribution in [2.24, 2.45) is 0 Å². The van der Waals surface area contributed by atoms with Gasteiger partial charge in [-0.1, -0.05) is 31.0 Å². The molecule has 1 unspecified atom stereocenters. The number of hydrogen-bond acceptors (Lipinski definition) is 6. The second-order valence-electron chi connectivity index (χ2n) is 7.51. The fourth-order valence-electron chi connectivity index (χ4n) is 3.01. The van der Waals surface area contributed by atoms with Gasteiger partial charge in [-0.2, -0.15) is 0 Å². The van der Waals surface area contributed by atoms with E-state index in [9.17, 15) is 14.7 Å². The Morgan fingerprint density at radius 1 is 1.06 bits per heavy atom. The largest absolute Gasteiger partial charge is 0.508 e. The number of esters is 1. The Bertz CT molecular complexity index is 925. The van der Waals surface area contributed by atoms with Crippen LogP contribution in [-0.2, 0) is 14.3 Å². The number of hydrogen-bond donors (Lipinski definition) is 2. The lowest BCUT2D eigenvalue weighted by molar-refractivity contribution is -0.142. The van der Waals surface area contributed by atoms with Crippen molar-refractivity contribution in [3.05, 3.63) is 47.0 Å². The predicted octanol–water partition coefficient (Wildman–Crippen LogP) is 4.45. The number of rotatable bonds is 10. The van der Waals surface area contributed by atoms with Gasteiger partial charge >= 0.3 is 5.97 Å². The van der Waals surface area contributed by atoms with Gasteiger partial charge in [0.1, 0.15) is 17.2 Å². The molecule has 7 heteroatoms. The van der Waals surface area contributed by atoms with Crippen LogP contribution in [0.25, 0.3) is 0 Å². The van der Waals surface area contributed by atoms with E-state index in [4.69, 9.17) is 9.47 Å². The molecule has 0 saturated heterocycles. The molecular formula is C24H31NO6. The van der Waals surface area contributed by atoms with Gasteiger partial charge in [0.05, 0.1) is 12.8 Å². The van der Waals surface area contributed by atoms with Crippen LogP contribution in [0.1, 0.15) is 42.9 Å². The fourth-order valence-corrected chi connectivity index (χ4v) is 3.01. The minimum absolute atomic E-state index is 0.00104. The van der Waals surface area contributed by atoms with Gasteiger partial charge in [-0.15, -0.1) is 0 Å². The molecule has 0 fully saturated rings. The van der Waals surface area contributed by atoms with E-state index in [-0.39, 0.29) is 29.7 Å². The van der Waals surface area contributed by atoms with Gasteiger partial charge in [0.25, 0.3) is 5.91 Å². The van der Waals surface area contributed by atoms with Crippen molar-refractivity contribution in [3.63, 3.8) is 0 Å². The predicted molar refractivity (Wildman–Crippen MR) is 119 cm³/mol. The lowest BCUT2D eigenvalue weighted by Crippen LogP contribution is -2.33. The average molecular weight is 430 g/mol. The molecule has 0 aliphatic rings. The molecule has 0 aromatic heterocycles. The summed E-state index contributed by atoms with van der Waals surface area (Å²) in [5.74, 6) is -0.00620. The number of carbonyl (C=O) groups excluding carboxylic acids is 2. The molecule has 1 amide bonds. The highest BCUT2D eigenvalue weighted by molar-refractivity contribution is 5.96.